The van der Waals surface area contributed by atoms with Crippen molar-refractivity contribution in [2.45, 2.75) is 5.03 Å². The molecule has 162 valence electrons. The van der Waals surface area contributed by atoms with E-state index < -0.39 is 5.97 Å². The lowest BCUT2D eigenvalue weighted by atomic mass is 10.2. The quantitative estimate of drug-likeness (QED) is 0.403. The summed E-state index contributed by atoms with van der Waals surface area (Å²) in [4.78, 5) is 29.1. The summed E-state index contributed by atoms with van der Waals surface area (Å²) in [5.74, 6) is 0.595. The lowest BCUT2D eigenvalue weighted by molar-refractivity contribution is -0.113. The number of pyridine rings is 1. The van der Waals surface area contributed by atoms with Gasteiger partial charge in [-0.2, -0.15) is 0 Å². The molecule has 2 heterocycles. The van der Waals surface area contributed by atoms with E-state index in [1.807, 2.05) is 36.4 Å². The van der Waals surface area contributed by atoms with Gasteiger partial charge in [0.25, 0.3) is 0 Å². The highest BCUT2D eigenvalue weighted by atomic mass is 32.2. The summed E-state index contributed by atoms with van der Waals surface area (Å²) in [6.07, 6.45) is 5.23. The first kappa shape index (κ1) is 21.5. The SMILES string of the molecule is O=C(CSc1ncccc1C(=O)OC/C=C/c1ccccc1)Nc1ccc2c(c1)OCO2. The summed E-state index contributed by atoms with van der Waals surface area (Å²) in [7, 11) is 0. The number of hydrogen-bond acceptors (Lipinski definition) is 7. The molecule has 0 saturated carbocycles. The van der Waals surface area contributed by atoms with Crippen molar-refractivity contribution in [3.05, 3.63) is 84.1 Å². The van der Waals surface area contributed by atoms with Crippen LogP contribution in [0.4, 0.5) is 5.69 Å². The van der Waals surface area contributed by atoms with E-state index in [9.17, 15) is 9.59 Å². The van der Waals surface area contributed by atoms with Crippen molar-refractivity contribution in [2.24, 2.45) is 0 Å². The van der Waals surface area contributed by atoms with Gasteiger partial charge >= 0.3 is 5.97 Å². The summed E-state index contributed by atoms with van der Waals surface area (Å²) in [5.41, 5.74) is 1.95. The van der Waals surface area contributed by atoms with Gasteiger partial charge < -0.3 is 19.5 Å². The van der Waals surface area contributed by atoms with Gasteiger partial charge in [0.2, 0.25) is 12.7 Å². The fourth-order valence-electron chi connectivity index (χ4n) is 2.92. The minimum Gasteiger partial charge on any atom is -0.458 e. The lowest BCUT2D eigenvalue weighted by Crippen LogP contribution is -2.15. The number of carbonyl (C=O) groups excluding carboxylic acids is 2. The van der Waals surface area contributed by atoms with Crippen molar-refractivity contribution in [3.8, 4) is 11.5 Å². The highest BCUT2D eigenvalue weighted by Gasteiger charge is 2.17. The molecule has 1 N–H and O–H groups in total. The Kier molecular flexibility index (Phi) is 7.04. The highest BCUT2D eigenvalue weighted by Crippen LogP contribution is 2.34. The van der Waals surface area contributed by atoms with Crippen LogP contribution in [-0.4, -0.2) is 36.0 Å². The van der Waals surface area contributed by atoms with Crippen molar-refractivity contribution in [1.29, 1.82) is 0 Å². The molecular formula is C24H20N2O5S. The Balaban J connectivity index is 1.30. The molecule has 8 heteroatoms. The molecule has 0 radical (unpaired) electrons. The van der Waals surface area contributed by atoms with Crippen LogP contribution in [0.5, 0.6) is 11.5 Å². The number of benzene rings is 2. The summed E-state index contributed by atoms with van der Waals surface area (Å²) >= 11 is 1.17. The van der Waals surface area contributed by atoms with Gasteiger partial charge in [-0.1, -0.05) is 48.2 Å². The van der Waals surface area contributed by atoms with Crippen LogP contribution in [0, 0.1) is 0 Å². The van der Waals surface area contributed by atoms with Crippen LogP contribution in [0.25, 0.3) is 6.08 Å². The van der Waals surface area contributed by atoms with Gasteiger partial charge in [-0.3, -0.25) is 4.79 Å². The molecule has 0 fully saturated rings. The third-order valence-corrected chi connectivity index (χ3v) is 5.41. The van der Waals surface area contributed by atoms with Gasteiger partial charge in [0.1, 0.15) is 11.6 Å². The number of thioether (sulfide) groups is 1. The monoisotopic (exact) mass is 448 g/mol. The topological polar surface area (TPSA) is 86.8 Å². The molecule has 0 spiro atoms. The van der Waals surface area contributed by atoms with Crippen LogP contribution >= 0.6 is 11.8 Å². The highest BCUT2D eigenvalue weighted by molar-refractivity contribution is 8.00. The lowest BCUT2D eigenvalue weighted by Gasteiger charge is -2.08. The van der Waals surface area contributed by atoms with E-state index in [1.165, 1.54) is 11.8 Å². The zero-order chi connectivity index (χ0) is 22.2. The maximum Gasteiger partial charge on any atom is 0.341 e. The predicted octanol–water partition coefficient (Wildman–Crippen LogP) is 4.41. The molecule has 0 aliphatic carbocycles. The Morgan fingerprint density at radius 1 is 1.06 bits per heavy atom. The van der Waals surface area contributed by atoms with Gasteiger partial charge in [0.15, 0.2) is 11.5 Å². The number of nitrogens with one attached hydrogen (secondary N) is 1. The second-order valence-electron chi connectivity index (χ2n) is 6.67. The molecule has 2 aromatic carbocycles. The molecule has 32 heavy (non-hydrogen) atoms. The number of carbonyl (C=O) groups is 2. The van der Waals surface area contributed by atoms with Crippen LogP contribution in [0.3, 0.4) is 0 Å². The zero-order valence-electron chi connectivity index (χ0n) is 17.0. The normalized spacial score (nSPS) is 12.0. The molecule has 1 aliphatic heterocycles. The number of ether oxygens (including phenoxy) is 3. The number of rotatable bonds is 8. The van der Waals surface area contributed by atoms with E-state index in [1.54, 1.807) is 42.6 Å². The molecule has 1 aliphatic rings. The Morgan fingerprint density at radius 2 is 1.91 bits per heavy atom. The van der Waals surface area contributed by atoms with Gasteiger partial charge in [0, 0.05) is 18.0 Å². The second-order valence-corrected chi connectivity index (χ2v) is 7.64. The number of nitrogens with zero attached hydrogens (tertiary/aromatic N) is 1. The average molecular weight is 449 g/mol. The largest absolute Gasteiger partial charge is 0.458 e. The van der Waals surface area contributed by atoms with Crippen molar-refractivity contribution < 1.29 is 23.8 Å². The Morgan fingerprint density at radius 3 is 2.78 bits per heavy atom. The third-order valence-electron chi connectivity index (χ3n) is 4.41. The first-order valence-electron chi connectivity index (χ1n) is 9.85. The summed E-state index contributed by atoms with van der Waals surface area (Å²) in [6.45, 7) is 0.306. The third kappa shape index (κ3) is 5.67. The summed E-state index contributed by atoms with van der Waals surface area (Å²) in [5, 5.41) is 3.24. The molecule has 1 amide bonds. The molecule has 0 atom stereocenters. The Labute approximate surface area is 189 Å². The van der Waals surface area contributed by atoms with E-state index in [2.05, 4.69) is 10.3 Å². The minimum absolute atomic E-state index is 0.0830. The minimum atomic E-state index is -0.491. The van der Waals surface area contributed by atoms with Crippen LogP contribution in [0.15, 0.2) is 78.0 Å². The number of esters is 1. The average Bonchev–Trinajstić information content (AvgIpc) is 3.29. The van der Waals surface area contributed by atoms with Gasteiger partial charge in [-0.05, 0) is 35.9 Å². The van der Waals surface area contributed by atoms with Crippen molar-refractivity contribution in [2.75, 3.05) is 24.5 Å². The summed E-state index contributed by atoms with van der Waals surface area (Å²) in [6, 6.07) is 18.2. The van der Waals surface area contributed by atoms with E-state index in [-0.39, 0.29) is 25.1 Å². The molecule has 0 bridgehead atoms. The fourth-order valence-corrected chi connectivity index (χ4v) is 3.70. The molecule has 1 aromatic heterocycles. The van der Waals surface area contributed by atoms with Gasteiger partial charge in [-0.25, -0.2) is 9.78 Å². The zero-order valence-corrected chi connectivity index (χ0v) is 17.8. The molecule has 3 aromatic rings. The van der Waals surface area contributed by atoms with Crippen molar-refractivity contribution in [3.63, 3.8) is 0 Å². The number of anilines is 1. The number of aromatic nitrogens is 1. The molecule has 0 saturated heterocycles. The van der Waals surface area contributed by atoms with Crippen LogP contribution in [0.2, 0.25) is 0 Å². The second kappa shape index (κ2) is 10.5. The van der Waals surface area contributed by atoms with Crippen molar-refractivity contribution >= 4 is 35.4 Å². The van der Waals surface area contributed by atoms with Gasteiger partial charge in [-0.15, -0.1) is 0 Å². The first-order chi connectivity index (χ1) is 15.7. The smallest absolute Gasteiger partial charge is 0.341 e. The number of hydrogen-bond donors (Lipinski definition) is 1. The molecule has 0 unspecified atom stereocenters. The first-order valence-corrected chi connectivity index (χ1v) is 10.8. The molecule has 7 nitrogen and oxygen atoms in total. The van der Waals surface area contributed by atoms with Crippen LogP contribution < -0.4 is 14.8 Å². The summed E-state index contributed by atoms with van der Waals surface area (Å²) < 4.78 is 15.9. The maximum atomic E-state index is 12.5. The van der Waals surface area contributed by atoms with E-state index >= 15 is 0 Å². The van der Waals surface area contributed by atoms with E-state index in [4.69, 9.17) is 14.2 Å². The fraction of sp³-hybridized carbons (Fsp3) is 0.125. The van der Waals surface area contributed by atoms with Crippen LogP contribution in [0.1, 0.15) is 15.9 Å². The Hall–Kier alpha value is -3.78. The number of fused-ring (bicyclic) bond motifs is 1. The maximum absolute atomic E-state index is 12.5. The van der Waals surface area contributed by atoms with Crippen LogP contribution in [-0.2, 0) is 9.53 Å². The predicted molar refractivity (Wildman–Crippen MR) is 122 cm³/mol. The van der Waals surface area contributed by atoms with E-state index in [0.29, 0.717) is 27.8 Å². The molecule has 4 rings (SSSR count). The number of amides is 1. The molecular weight excluding hydrogens is 428 g/mol. The standard InChI is InChI=1S/C24H20N2O5S/c27-22(26-18-10-11-20-21(14-18)31-16-30-20)15-32-23-19(9-4-12-25-23)24(28)29-13-5-8-17-6-2-1-3-7-17/h1-12,14H,13,15-16H2,(H,26,27)/b8-5+. The van der Waals surface area contributed by atoms with E-state index in [0.717, 1.165) is 5.56 Å². The van der Waals surface area contributed by atoms with Gasteiger partial charge in [0.05, 0.1) is 11.3 Å². The Bertz CT molecular complexity index is 1130. The van der Waals surface area contributed by atoms with Crippen molar-refractivity contribution in [1.82, 2.24) is 4.98 Å².